The minimum atomic E-state index is -1.39. The number of allylic oxidation sites excluding steroid dienone is 1. The summed E-state index contributed by atoms with van der Waals surface area (Å²) < 4.78 is 14.9. The van der Waals surface area contributed by atoms with Gasteiger partial charge in [0.1, 0.15) is 12.7 Å². The van der Waals surface area contributed by atoms with Gasteiger partial charge in [-0.05, 0) is 43.1 Å². The Kier molecular flexibility index (Phi) is 7.07. The van der Waals surface area contributed by atoms with E-state index in [1.807, 2.05) is 20.8 Å². The molecular formula is C21H27O9-. The fraction of sp³-hybridized carbons (Fsp3) is 0.619. The lowest BCUT2D eigenvalue weighted by molar-refractivity contribution is -0.301. The number of cyclic esters (lactones) is 1. The van der Waals surface area contributed by atoms with Crippen LogP contribution in [0.15, 0.2) is 22.5 Å². The lowest BCUT2D eigenvalue weighted by Gasteiger charge is -2.36. The van der Waals surface area contributed by atoms with Crippen LogP contribution in [-0.2, 0) is 33.4 Å². The standard InChI is InChI=1S/C21H28O9/c1-10-12(3)21(4,5)8-14(17(10)25)29-16(24)7-6-15(23)28-9-13(22)19-11(2)18(26)20(27)30-19/h13-14,19,22,26H,6-9H2,1-5H3/p-1. The van der Waals surface area contributed by atoms with E-state index in [1.54, 1.807) is 6.92 Å². The summed E-state index contributed by atoms with van der Waals surface area (Å²) in [6.07, 6.45) is -3.67. The average Bonchev–Trinajstić information content (AvgIpc) is 2.94. The number of aliphatic hydroxyl groups excluding tert-OH is 1. The number of rotatable bonds is 7. The number of hydrogen-bond donors (Lipinski definition) is 1. The zero-order chi connectivity index (χ0) is 22.8. The normalized spacial score (nSPS) is 24.6. The zero-order valence-corrected chi connectivity index (χ0v) is 17.8. The Morgan fingerprint density at radius 1 is 1.20 bits per heavy atom. The van der Waals surface area contributed by atoms with Gasteiger partial charge in [-0.25, -0.2) is 4.79 Å². The smallest absolute Gasteiger partial charge is 0.323 e. The molecule has 1 N–H and O–H groups in total. The molecule has 0 spiro atoms. The molecule has 0 aromatic rings. The Balaban J connectivity index is 1.78. The molecule has 0 saturated heterocycles. The predicted molar refractivity (Wildman–Crippen MR) is 100 cm³/mol. The van der Waals surface area contributed by atoms with Crippen LogP contribution in [-0.4, -0.2) is 53.7 Å². The predicted octanol–water partition coefficient (Wildman–Crippen LogP) is 0.478. The van der Waals surface area contributed by atoms with Gasteiger partial charge >= 0.3 is 17.9 Å². The van der Waals surface area contributed by atoms with Crippen LogP contribution >= 0.6 is 0 Å². The van der Waals surface area contributed by atoms with Gasteiger partial charge < -0.3 is 24.4 Å². The number of carbonyl (C=O) groups excluding carboxylic acids is 4. The highest BCUT2D eigenvalue weighted by Crippen LogP contribution is 2.39. The summed E-state index contributed by atoms with van der Waals surface area (Å²) in [5.74, 6) is -3.60. The number of aliphatic hydroxyl groups is 1. The van der Waals surface area contributed by atoms with Gasteiger partial charge in [0.05, 0.1) is 12.8 Å². The summed E-state index contributed by atoms with van der Waals surface area (Å²) in [7, 11) is 0. The number of esters is 3. The van der Waals surface area contributed by atoms with E-state index in [4.69, 9.17) is 14.2 Å². The molecule has 0 saturated carbocycles. The third-order valence-electron chi connectivity index (χ3n) is 5.71. The maximum absolute atomic E-state index is 12.4. The van der Waals surface area contributed by atoms with Crippen molar-refractivity contribution in [1.82, 2.24) is 0 Å². The van der Waals surface area contributed by atoms with Crippen molar-refractivity contribution in [1.29, 1.82) is 0 Å². The monoisotopic (exact) mass is 423 g/mol. The number of carbonyl (C=O) groups is 4. The van der Waals surface area contributed by atoms with E-state index in [0.717, 1.165) is 5.57 Å². The second-order valence-corrected chi connectivity index (χ2v) is 8.27. The summed E-state index contributed by atoms with van der Waals surface area (Å²) in [4.78, 5) is 47.5. The molecule has 3 atom stereocenters. The van der Waals surface area contributed by atoms with Gasteiger partial charge in [-0.2, -0.15) is 0 Å². The summed E-state index contributed by atoms with van der Waals surface area (Å²) in [6.45, 7) is 8.38. The molecule has 2 aliphatic rings. The summed E-state index contributed by atoms with van der Waals surface area (Å²) in [5, 5.41) is 21.4. The molecule has 2 rings (SSSR count). The van der Waals surface area contributed by atoms with Gasteiger partial charge in [-0.15, -0.1) is 0 Å². The molecular weight excluding hydrogens is 396 g/mol. The Bertz CT molecular complexity index is 818. The Morgan fingerprint density at radius 2 is 1.80 bits per heavy atom. The Labute approximate surface area is 174 Å². The van der Waals surface area contributed by atoms with Gasteiger partial charge in [0.25, 0.3) is 0 Å². The third kappa shape index (κ3) is 5.08. The molecule has 3 unspecified atom stereocenters. The van der Waals surface area contributed by atoms with E-state index in [1.165, 1.54) is 6.92 Å². The Hall–Kier alpha value is -2.68. The van der Waals surface area contributed by atoms with Crippen molar-refractivity contribution in [3.05, 3.63) is 22.5 Å². The van der Waals surface area contributed by atoms with Crippen LogP contribution in [0.3, 0.4) is 0 Å². The van der Waals surface area contributed by atoms with Crippen molar-refractivity contribution in [2.45, 2.75) is 72.2 Å². The molecule has 1 aliphatic heterocycles. The van der Waals surface area contributed by atoms with Crippen molar-refractivity contribution < 1.29 is 43.6 Å². The summed E-state index contributed by atoms with van der Waals surface area (Å²) in [5.41, 5.74) is 1.30. The first-order valence-corrected chi connectivity index (χ1v) is 9.69. The van der Waals surface area contributed by atoms with Crippen LogP contribution in [0.5, 0.6) is 0 Å². The summed E-state index contributed by atoms with van der Waals surface area (Å²) in [6, 6.07) is 0. The van der Waals surface area contributed by atoms with Gasteiger partial charge in [-0.1, -0.05) is 19.4 Å². The van der Waals surface area contributed by atoms with Gasteiger partial charge in [0.2, 0.25) is 0 Å². The number of Topliss-reactive ketones (excluding diaryl/α,β-unsaturated/α-hetero) is 1. The van der Waals surface area contributed by atoms with Gasteiger partial charge in [0.15, 0.2) is 18.0 Å². The zero-order valence-electron chi connectivity index (χ0n) is 17.8. The van der Waals surface area contributed by atoms with Crippen molar-refractivity contribution >= 4 is 23.7 Å². The van der Waals surface area contributed by atoms with E-state index < -0.39 is 48.6 Å². The molecule has 0 radical (unpaired) electrons. The maximum Gasteiger partial charge on any atom is 0.323 e. The minimum Gasteiger partial charge on any atom is -0.868 e. The molecule has 166 valence electrons. The van der Waals surface area contributed by atoms with Crippen LogP contribution in [0, 0.1) is 5.41 Å². The molecule has 0 amide bonds. The van der Waals surface area contributed by atoms with Crippen molar-refractivity contribution in [2.75, 3.05) is 6.61 Å². The summed E-state index contributed by atoms with van der Waals surface area (Å²) >= 11 is 0. The topological polar surface area (TPSA) is 139 Å². The molecule has 9 heteroatoms. The van der Waals surface area contributed by atoms with E-state index in [-0.39, 0.29) is 29.6 Å². The number of ketones is 1. The van der Waals surface area contributed by atoms with Crippen LogP contribution in [0.4, 0.5) is 0 Å². The lowest BCUT2D eigenvalue weighted by atomic mass is 9.72. The minimum absolute atomic E-state index is 0.0341. The fourth-order valence-corrected chi connectivity index (χ4v) is 3.41. The first-order chi connectivity index (χ1) is 13.8. The molecule has 1 heterocycles. The van der Waals surface area contributed by atoms with E-state index in [9.17, 15) is 29.4 Å². The van der Waals surface area contributed by atoms with E-state index in [0.29, 0.717) is 12.0 Å². The first kappa shape index (κ1) is 23.6. The van der Waals surface area contributed by atoms with E-state index >= 15 is 0 Å². The number of ether oxygens (including phenoxy) is 3. The Morgan fingerprint density at radius 3 is 2.37 bits per heavy atom. The SMILES string of the molecule is CC1=C(C)C(C)(C)CC(OC(=O)CCC(=O)OCC(O)C2OC(=O)C([O-])=C2C)C1=O. The largest absolute Gasteiger partial charge is 0.868 e. The molecule has 0 aromatic carbocycles. The van der Waals surface area contributed by atoms with Crippen molar-refractivity contribution in [3.63, 3.8) is 0 Å². The molecule has 0 fully saturated rings. The average molecular weight is 423 g/mol. The maximum atomic E-state index is 12.4. The highest BCUT2D eigenvalue weighted by atomic mass is 16.6. The van der Waals surface area contributed by atoms with Crippen molar-refractivity contribution in [2.24, 2.45) is 5.41 Å². The third-order valence-corrected chi connectivity index (χ3v) is 5.71. The number of hydrogen-bond acceptors (Lipinski definition) is 9. The highest BCUT2D eigenvalue weighted by Gasteiger charge is 2.39. The highest BCUT2D eigenvalue weighted by molar-refractivity contribution is 6.01. The van der Waals surface area contributed by atoms with E-state index in [2.05, 4.69) is 0 Å². The molecule has 0 aromatic heterocycles. The second-order valence-electron chi connectivity index (χ2n) is 8.27. The quantitative estimate of drug-likeness (QED) is 0.457. The first-order valence-electron chi connectivity index (χ1n) is 9.69. The van der Waals surface area contributed by atoms with Crippen LogP contribution < -0.4 is 5.11 Å². The van der Waals surface area contributed by atoms with Gasteiger partial charge in [0, 0.05) is 6.42 Å². The fourth-order valence-electron chi connectivity index (χ4n) is 3.41. The molecule has 1 aliphatic carbocycles. The molecule has 30 heavy (non-hydrogen) atoms. The van der Waals surface area contributed by atoms with Crippen molar-refractivity contribution in [3.8, 4) is 0 Å². The van der Waals surface area contributed by atoms with Crippen LogP contribution in [0.1, 0.15) is 53.9 Å². The second kappa shape index (κ2) is 8.99. The van der Waals surface area contributed by atoms with Crippen LogP contribution in [0.25, 0.3) is 0 Å². The van der Waals surface area contributed by atoms with Crippen LogP contribution in [0.2, 0.25) is 0 Å². The molecule has 9 nitrogen and oxygen atoms in total. The molecule has 0 bridgehead atoms. The van der Waals surface area contributed by atoms with Gasteiger partial charge in [-0.3, -0.25) is 14.4 Å². The lowest BCUT2D eigenvalue weighted by Crippen LogP contribution is -2.38.